The molecule has 1 unspecified atom stereocenters. The van der Waals surface area contributed by atoms with Crippen molar-refractivity contribution < 1.29 is 0 Å². The Bertz CT molecular complexity index is 417. The van der Waals surface area contributed by atoms with Crippen molar-refractivity contribution in [2.45, 2.75) is 31.6 Å². The van der Waals surface area contributed by atoms with E-state index in [4.69, 9.17) is 11.6 Å². The van der Waals surface area contributed by atoms with E-state index in [1.54, 1.807) is 0 Å². The third-order valence-corrected chi connectivity index (χ3v) is 5.47. The Labute approximate surface area is 121 Å². The van der Waals surface area contributed by atoms with Gasteiger partial charge in [-0.3, -0.25) is 0 Å². The highest BCUT2D eigenvalue weighted by atomic mass is 35.5. The first-order chi connectivity index (χ1) is 9.15. The summed E-state index contributed by atoms with van der Waals surface area (Å²) in [6, 6.07) is 8.64. The summed E-state index contributed by atoms with van der Waals surface area (Å²) in [6.07, 6.45) is 5.77. The summed E-state index contributed by atoms with van der Waals surface area (Å²) < 4.78 is 0. The van der Waals surface area contributed by atoms with Crippen LogP contribution >= 0.6 is 11.6 Å². The van der Waals surface area contributed by atoms with E-state index in [0.717, 1.165) is 28.7 Å². The molecular formula is C17H24ClN. The van der Waals surface area contributed by atoms with Gasteiger partial charge in [-0.15, -0.1) is 0 Å². The van der Waals surface area contributed by atoms with E-state index in [0.29, 0.717) is 0 Å². The van der Waals surface area contributed by atoms with Crippen molar-refractivity contribution in [2.75, 3.05) is 20.6 Å². The van der Waals surface area contributed by atoms with Gasteiger partial charge in [0.1, 0.15) is 0 Å². The Kier molecular flexibility index (Phi) is 3.86. The quantitative estimate of drug-likeness (QED) is 0.790. The first-order valence-electron chi connectivity index (χ1n) is 7.55. The van der Waals surface area contributed by atoms with Crippen molar-refractivity contribution in [3.63, 3.8) is 0 Å². The molecule has 0 spiro atoms. The van der Waals surface area contributed by atoms with Crippen LogP contribution in [-0.4, -0.2) is 25.5 Å². The fraction of sp³-hybridized carbons (Fsp3) is 0.647. The fourth-order valence-corrected chi connectivity index (χ4v) is 4.59. The fourth-order valence-electron chi connectivity index (χ4n) is 4.46. The average Bonchev–Trinajstić information content (AvgIpc) is 2.41. The van der Waals surface area contributed by atoms with E-state index in [-0.39, 0.29) is 0 Å². The zero-order valence-corrected chi connectivity index (χ0v) is 12.7. The molecule has 0 aromatic heterocycles. The minimum absolute atomic E-state index is 0.757. The van der Waals surface area contributed by atoms with Crippen LogP contribution in [0.15, 0.2) is 24.3 Å². The van der Waals surface area contributed by atoms with Gasteiger partial charge in [-0.25, -0.2) is 0 Å². The highest BCUT2D eigenvalue weighted by Crippen LogP contribution is 2.53. The second-order valence-electron chi connectivity index (χ2n) is 6.68. The third-order valence-electron chi connectivity index (χ3n) is 5.22. The number of benzene rings is 1. The molecular weight excluding hydrogens is 254 g/mol. The van der Waals surface area contributed by atoms with Gasteiger partial charge in [0, 0.05) is 11.6 Å². The van der Waals surface area contributed by atoms with Gasteiger partial charge in [-0.2, -0.15) is 0 Å². The maximum atomic E-state index is 6.04. The molecule has 2 bridgehead atoms. The van der Waals surface area contributed by atoms with Crippen LogP contribution in [0, 0.1) is 17.8 Å². The molecule has 0 amide bonds. The number of halogens is 1. The van der Waals surface area contributed by atoms with E-state index >= 15 is 0 Å². The van der Waals surface area contributed by atoms with Crippen LogP contribution in [0.2, 0.25) is 5.02 Å². The van der Waals surface area contributed by atoms with E-state index < -0.39 is 0 Å². The molecule has 0 radical (unpaired) electrons. The Morgan fingerprint density at radius 3 is 2.16 bits per heavy atom. The predicted octanol–water partition coefficient (Wildman–Crippen LogP) is 4.42. The molecule has 3 fully saturated rings. The van der Waals surface area contributed by atoms with Crippen LogP contribution in [0.4, 0.5) is 0 Å². The van der Waals surface area contributed by atoms with Gasteiger partial charge >= 0.3 is 0 Å². The molecule has 3 saturated carbocycles. The Balaban J connectivity index is 1.89. The van der Waals surface area contributed by atoms with Gasteiger partial charge in [-0.05, 0) is 81.1 Å². The lowest BCUT2D eigenvalue weighted by Crippen LogP contribution is -2.43. The molecule has 3 aliphatic rings. The number of fused-ring (bicyclic) bond motifs is 3. The topological polar surface area (TPSA) is 3.24 Å². The normalized spacial score (nSPS) is 33.9. The summed E-state index contributed by atoms with van der Waals surface area (Å²) in [7, 11) is 4.42. The monoisotopic (exact) mass is 277 g/mol. The van der Waals surface area contributed by atoms with E-state index in [1.165, 1.54) is 37.8 Å². The summed E-state index contributed by atoms with van der Waals surface area (Å²) >= 11 is 6.04. The highest BCUT2D eigenvalue weighted by Gasteiger charge is 2.43. The lowest BCUT2D eigenvalue weighted by molar-refractivity contribution is 0.0507. The number of hydrogen-bond acceptors (Lipinski definition) is 1. The van der Waals surface area contributed by atoms with Crippen molar-refractivity contribution in [3.05, 3.63) is 34.9 Å². The molecule has 2 atom stereocenters. The maximum Gasteiger partial charge on any atom is 0.0406 e. The third kappa shape index (κ3) is 2.68. The first-order valence-corrected chi connectivity index (χ1v) is 7.93. The molecule has 0 heterocycles. The average molecular weight is 278 g/mol. The summed E-state index contributed by atoms with van der Waals surface area (Å²) in [6.45, 7) is 1.23. The summed E-state index contributed by atoms with van der Waals surface area (Å²) in [5.41, 5.74) is 1.52. The molecule has 0 aliphatic heterocycles. The second kappa shape index (κ2) is 5.46. The van der Waals surface area contributed by atoms with Gasteiger partial charge in [-0.1, -0.05) is 23.7 Å². The molecule has 104 valence electrons. The molecule has 4 rings (SSSR count). The summed E-state index contributed by atoms with van der Waals surface area (Å²) in [4.78, 5) is 2.37. The van der Waals surface area contributed by atoms with E-state index in [9.17, 15) is 0 Å². The van der Waals surface area contributed by atoms with Gasteiger partial charge in [0.25, 0.3) is 0 Å². The lowest BCUT2D eigenvalue weighted by Gasteiger charge is -2.50. The Hall–Kier alpha value is -0.530. The van der Waals surface area contributed by atoms with Gasteiger partial charge < -0.3 is 4.90 Å². The van der Waals surface area contributed by atoms with Gasteiger partial charge in [0.15, 0.2) is 0 Å². The molecule has 0 N–H and O–H groups in total. The Morgan fingerprint density at radius 2 is 1.58 bits per heavy atom. The first kappa shape index (κ1) is 13.5. The highest BCUT2D eigenvalue weighted by molar-refractivity contribution is 6.30. The van der Waals surface area contributed by atoms with Crippen molar-refractivity contribution in [1.82, 2.24) is 4.90 Å². The molecule has 1 aromatic rings. The van der Waals surface area contributed by atoms with Crippen molar-refractivity contribution in [2.24, 2.45) is 17.8 Å². The molecule has 0 saturated heterocycles. The van der Waals surface area contributed by atoms with E-state index in [2.05, 4.69) is 43.3 Å². The van der Waals surface area contributed by atoms with Crippen LogP contribution < -0.4 is 0 Å². The largest absolute Gasteiger partial charge is 0.309 e. The maximum absolute atomic E-state index is 6.04. The number of rotatable bonds is 3. The summed E-state index contributed by atoms with van der Waals surface area (Å²) in [5, 5.41) is 0.855. The summed E-state index contributed by atoms with van der Waals surface area (Å²) in [5.74, 6) is 3.43. The van der Waals surface area contributed by atoms with Crippen molar-refractivity contribution in [3.8, 4) is 0 Å². The minimum atomic E-state index is 0.757. The van der Waals surface area contributed by atoms with Crippen LogP contribution in [-0.2, 0) is 0 Å². The predicted molar refractivity (Wildman–Crippen MR) is 81.7 cm³/mol. The zero-order chi connectivity index (χ0) is 13.4. The SMILES string of the molecule is CN(C)C[C@@H]1C2CCC(CC2)C1c1ccc(Cl)cc1. The molecule has 1 aromatic carbocycles. The Morgan fingerprint density at radius 1 is 1.00 bits per heavy atom. The van der Waals surface area contributed by atoms with Crippen molar-refractivity contribution >= 4 is 11.6 Å². The van der Waals surface area contributed by atoms with Crippen LogP contribution in [0.1, 0.15) is 37.2 Å². The zero-order valence-electron chi connectivity index (χ0n) is 12.0. The van der Waals surface area contributed by atoms with Crippen LogP contribution in [0.3, 0.4) is 0 Å². The van der Waals surface area contributed by atoms with Crippen LogP contribution in [0.25, 0.3) is 0 Å². The number of hydrogen-bond donors (Lipinski definition) is 0. The van der Waals surface area contributed by atoms with E-state index in [1.807, 2.05) is 0 Å². The molecule has 1 nitrogen and oxygen atoms in total. The number of nitrogens with zero attached hydrogens (tertiary/aromatic N) is 1. The minimum Gasteiger partial charge on any atom is -0.309 e. The second-order valence-corrected chi connectivity index (χ2v) is 7.11. The molecule has 3 aliphatic carbocycles. The standard InChI is InChI=1S/C17H24ClN/c1-19(2)11-16-12-3-5-13(6-4-12)17(16)14-7-9-15(18)10-8-14/h7-10,12-13,16-17H,3-6,11H2,1-2H3/t12?,13?,16-,17?/m1/s1. The van der Waals surface area contributed by atoms with Gasteiger partial charge in [0.05, 0.1) is 0 Å². The van der Waals surface area contributed by atoms with Crippen molar-refractivity contribution in [1.29, 1.82) is 0 Å². The van der Waals surface area contributed by atoms with Gasteiger partial charge in [0.2, 0.25) is 0 Å². The van der Waals surface area contributed by atoms with Crippen LogP contribution in [0.5, 0.6) is 0 Å². The molecule has 19 heavy (non-hydrogen) atoms. The smallest absolute Gasteiger partial charge is 0.0406 e. The lowest BCUT2D eigenvalue weighted by atomic mass is 9.57. The molecule has 2 heteroatoms.